The van der Waals surface area contributed by atoms with Gasteiger partial charge in [0.2, 0.25) is 5.69 Å². The Kier molecular flexibility index (Phi) is 5.73. The second-order valence-corrected chi connectivity index (χ2v) is 5.29. The van der Waals surface area contributed by atoms with Gasteiger partial charge < -0.3 is 0 Å². The van der Waals surface area contributed by atoms with Gasteiger partial charge in [-0.05, 0) is 12.0 Å². The van der Waals surface area contributed by atoms with Crippen LogP contribution in [0.5, 0.6) is 0 Å². The van der Waals surface area contributed by atoms with Gasteiger partial charge in [0.25, 0.3) is 0 Å². The highest BCUT2D eigenvalue weighted by atomic mass is 19.4. The van der Waals surface area contributed by atoms with Crippen LogP contribution >= 0.6 is 0 Å². The zero-order valence-corrected chi connectivity index (χ0v) is 13.9. The standard InChI is InChI=1S/C16H13F3N4O4/c1-2-12(10-6-4-3-5-7-10)20-21-15-13(22(24)25)8-11(16(17,18)19)9-14(15)23(26)27/h3-9,21H,2H2,1H3/b20-12-. The lowest BCUT2D eigenvalue weighted by molar-refractivity contribution is -0.392. The Balaban J connectivity index is 2.59. The smallest absolute Gasteiger partial charge is 0.266 e. The molecule has 1 N–H and O–H groups in total. The fourth-order valence-corrected chi connectivity index (χ4v) is 2.28. The molecule has 0 fully saturated rings. The number of hydrazone groups is 1. The van der Waals surface area contributed by atoms with Gasteiger partial charge in [0, 0.05) is 12.1 Å². The van der Waals surface area contributed by atoms with Crippen molar-refractivity contribution < 1.29 is 23.0 Å². The number of anilines is 1. The zero-order valence-electron chi connectivity index (χ0n) is 13.9. The molecule has 0 bridgehead atoms. The number of hydrogen-bond acceptors (Lipinski definition) is 6. The van der Waals surface area contributed by atoms with Crippen molar-refractivity contribution in [2.45, 2.75) is 19.5 Å². The molecule has 0 spiro atoms. The van der Waals surface area contributed by atoms with Crippen molar-refractivity contribution in [3.05, 3.63) is 73.8 Å². The molecular formula is C16H13F3N4O4. The van der Waals surface area contributed by atoms with Gasteiger partial charge in [-0.1, -0.05) is 37.3 Å². The molecule has 0 aliphatic rings. The van der Waals surface area contributed by atoms with Gasteiger partial charge in [0.15, 0.2) is 0 Å². The third kappa shape index (κ3) is 4.57. The van der Waals surface area contributed by atoms with Crippen molar-refractivity contribution in [2.24, 2.45) is 5.10 Å². The van der Waals surface area contributed by atoms with Crippen LogP contribution in [0.3, 0.4) is 0 Å². The third-order valence-corrected chi connectivity index (χ3v) is 3.56. The SMILES string of the molecule is CC/C(=N/Nc1c([N+](=O)[O-])cc(C(F)(F)F)cc1[N+](=O)[O-])c1ccccc1. The molecule has 2 aromatic carbocycles. The molecule has 2 rings (SSSR count). The van der Waals surface area contributed by atoms with Crippen LogP contribution in [0.2, 0.25) is 0 Å². The molecule has 0 saturated carbocycles. The van der Waals surface area contributed by atoms with Crippen LogP contribution in [-0.2, 0) is 6.18 Å². The number of nitrogens with zero attached hydrogens (tertiary/aromatic N) is 3. The molecule has 0 heterocycles. The van der Waals surface area contributed by atoms with Gasteiger partial charge in [0.1, 0.15) is 0 Å². The summed E-state index contributed by atoms with van der Waals surface area (Å²) in [7, 11) is 0. The lowest BCUT2D eigenvalue weighted by Crippen LogP contribution is -2.10. The number of rotatable bonds is 6. The van der Waals surface area contributed by atoms with Crippen molar-refractivity contribution in [1.29, 1.82) is 0 Å². The third-order valence-electron chi connectivity index (χ3n) is 3.56. The summed E-state index contributed by atoms with van der Waals surface area (Å²) in [5.41, 5.74) is -1.12. The van der Waals surface area contributed by atoms with E-state index in [0.717, 1.165) is 0 Å². The first-order chi connectivity index (χ1) is 12.6. The largest absolute Gasteiger partial charge is 0.416 e. The van der Waals surface area contributed by atoms with Crippen molar-refractivity contribution in [1.82, 2.24) is 0 Å². The summed E-state index contributed by atoms with van der Waals surface area (Å²) in [6.07, 6.45) is -4.60. The van der Waals surface area contributed by atoms with Gasteiger partial charge in [0.05, 0.1) is 21.1 Å². The van der Waals surface area contributed by atoms with E-state index in [1.54, 1.807) is 37.3 Å². The predicted molar refractivity (Wildman–Crippen MR) is 91.6 cm³/mol. The average Bonchev–Trinajstić information content (AvgIpc) is 2.61. The molecule has 2 aromatic rings. The number of alkyl halides is 3. The Bertz CT molecular complexity index is 863. The Hall–Kier alpha value is -3.50. The number of nitro groups is 2. The minimum absolute atomic E-state index is 0.235. The van der Waals surface area contributed by atoms with Crippen LogP contribution in [-0.4, -0.2) is 15.6 Å². The Morgan fingerprint density at radius 1 is 1.07 bits per heavy atom. The van der Waals surface area contributed by atoms with E-state index in [1.165, 1.54) is 0 Å². The first-order valence-corrected chi connectivity index (χ1v) is 7.57. The first kappa shape index (κ1) is 19.8. The average molecular weight is 382 g/mol. The molecule has 142 valence electrons. The number of halogens is 3. The van der Waals surface area contributed by atoms with Gasteiger partial charge in [-0.15, -0.1) is 0 Å². The van der Waals surface area contributed by atoms with Crippen LogP contribution in [0.4, 0.5) is 30.2 Å². The molecule has 11 heteroatoms. The van der Waals surface area contributed by atoms with E-state index in [2.05, 4.69) is 10.5 Å². The van der Waals surface area contributed by atoms with E-state index in [1.807, 2.05) is 0 Å². The minimum atomic E-state index is -4.98. The van der Waals surface area contributed by atoms with Gasteiger partial charge in [-0.25, -0.2) is 0 Å². The number of benzene rings is 2. The van der Waals surface area contributed by atoms with E-state index >= 15 is 0 Å². The summed E-state index contributed by atoms with van der Waals surface area (Å²) in [6.45, 7) is 1.74. The lowest BCUT2D eigenvalue weighted by atomic mass is 10.1. The summed E-state index contributed by atoms with van der Waals surface area (Å²) in [6, 6.07) is 9.10. The molecule has 0 aliphatic carbocycles. The Labute approximate surface area is 150 Å². The molecule has 27 heavy (non-hydrogen) atoms. The lowest BCUT2D eigenvalue weighted by Gasteiger charge is -2.10. The number of nitro benzene ring substituents is 2. The van der Waals surface area contributed by atoms with Crippen molar-refractivity contribution in [3.8, 4) is 0 Å². The van der Waals surface area contributed by atoms with E-state index in [4.69, 9.17) is 0 Å². The fraction of sp³-hybridized carbons (Fsp3) is 0.188. The normalized spacial score (nSPS) is 11.9. The van der Waals surface area contributed by atoms with Crippen LogP contribution in [0.15, 0.2) is 47.6 Å². The Morgan fingerprint density at radius 2 is 1.59 bits per heavy atom. The van der Waals surface area contributed by atoms with Crippen LogP contribution < -0.4 is 5.43 Å². The van der Waals surface area contributed by atoms with Crippen LogP contribution in [0, 0.1) is 20.2 Å². The Morgan fingerprint density at radius 3 is 2.00 bits per heavy atom. The second kappa shape index (κ2) is 7.81. The second-order valence-electron chi connectivity index (χ2n) is 5.29. The summed E-state index contributed by atoms with van der Waals surface area (Å²) in [4.78, 5) is 20.1. The monoisotopic (exact) mass is 382 g/mol. The summed E-state index contributed by atoms with van der Waals surface area (Å²) >= 11 is 0. The highest BCUT2D eigenvalue weighted by Gasteiger charge is 2.37. The van der Waals surface area contributed by atoms with E-state index in [0.29, 0.717) is 17.7 Å². The topological polar surface area (TPSA) is 111 Å². The van der Waals surface area contributed by atoms with Gasteiger partial charge >= 0.3 is 17.6 Å². The number of hydrogen-bond donors (Lipinski definition) is 1. The first-order valence-electron chi connectivity index (χ1n) is 7.57. The molecule has 0 aromatic heterocycles. The predicted octanol–water partition coefficient (Wildman–Crippen LogP) is 4.75. The van der Waals surface area contributed by atoms with Crippen molar-refractivity contribution in [3.63, 3.8) is 0 Å². The van der Waals surface area contributed by atoms with E-state index < -0.39 is 38.6 Å². The van der Waals surface area contributed by atoms with E-state index in [9.17, 15) is 33.4 Å². The maximum atomic E-state index is 12.9. The zero-order chi connectivity index (χ0) is 20.2. The summed E-state index contributed by atoms with van der Waals surface area (Å²) in [5, 5.41) is 26.3. The highest BCUT2D eigenvalue weighted by Crippen LogP contribution is 2.41. The van der Waals surface area contributed by atoms with Crippen molar-refractivity contribution >= 4 is 22.8 Å². The molecule has 0 aliphatic heterocycles. The minimum Gasteiger partial charge on any atom is -0.266 e. The molecule has 0 unspecified atom stereocenters. The van der Waals surface area contributed by atoms with E-state index in [-0.39, 0.29) is 12.1 Å². The molecule has 0 saturated heterocycles. The molecule has 8 nitrogen and oxygen atoms in total. The number of nitrogens with one attached hydrogen (secondary N) is 1. The molecule has 0 atom stereocenters. The van der Waals surface area contributed by atoms with Crippen LogP contribution in [0.25, 0.3) is 0 Å². The van der Waals surface area contributed by atoms with Crippen molar-refractivity contribution in [2.75, 3.05) is 5.43 Å². The van der Waals surface area contributed by atoms with Gasteiger partial charge in [-0.3, -0.25) is 25.7 Å². The quantitative estimate of drug-likeness (QED) is 0.440. The van der Waals surface area contributed by atoms with Gasteiger partial charge in [-0.2, -0.15) is 18.3 Å². The maximum absolute atomic E-state index is 12.9. The fourth-order valence-electron chi connectivity index (χ4n) is 2.28. The van der Waals surface area contributed by atoms with Crippen LogP contribution in [0.1, 0.15) is 24.5 Å². The summed E-state index contributed by atoms with van der Waals surface area (Å²) < 4.78 is 38.7. The molecule has 0 amide bonds. The summed E-state index contributed by atoms with van der Waals surface area (Å²) in [5.74, 6) is 0. The maximum Gasteiger partial charge on any atom is 0.416 e. The highest BCUT2D eigenvalue weighted by molar-refractivity contribution is 6.01. The molecular weight excluding hydrogens is 369 g/mol. The molecule has 0 radical (unpaired) electrons.